The largest absolute Gasteiger partial charge is 0.251 e. The van der Waals surface area contributed by atoms with E-state index in [1.807, 2.05) is 0 Å². The average Bonchev–Trinajstić information content (AvgIpc) is 2.14. The van der Waals surface area contributed by atoms with Crippen molar-refractivity contribution in [2.24, 2.45) is 4.40 Å². The van der Waals surface area contributed by atoms with Gasteiger partial charge >= 0.3 is 0 Å². The quantitative estimate of drug-likeness (QED) is 0.769. The smallest absolute Gasteiger partial charge is 0.151 e. The van der Waals surface area contributed by atoms with Crippen LogP contribution in [0.5, 0.6) is 0 Å². The zero-order valence-corrected chi connectivity index (χ0v) is 10.8. The van der Waals surface area contributed by atoms with E-state index < -0.39 is 21.5 Å². The Morgan fingerprint density at radius 2 is 2.19 bits per heavy atom. The molecule has 3 nitrogen and oxygen atoms in total. The van der Waals surface area contributed by atoms with Crippen LogP contribution in [-0.4, -0.2) is 20.2 Å². The molecular formula is C10H12ClFN2OS. The predicted molar refractivity (Wildman–Crippen MR) is 64.7 cm³/mol. The molecule has 0 saturated heterocycles. The van der Waals surface area contributed by atoms with Crippen molar-refractivity contribution in [3.8, 4) is 0 Å². The second-order valence-electron chi connectivity index (χ2n) is 4.12. The SMILES string of the molecule is CC(C)(C)[S@@](=O)/N=C/c1ncc(Cl)cc1F. The van der Waals surface area contributed by atoms with Crippen LogP contribution in [0.1, 0.15) is 26.5 Å². The van der Waals surface area contributed by atoms with Gasteiger partial charge in [-0.1, -0.05) is 11.6 Å². The molecule has 0 aliphatic carbocycles. The summed E-state index contributed by atoms with van der Waals surface area (Å²) in [6, 6.07) is 1.13. The number of pyridine rings is 1. The maximum Gasteiger partial charge on any atom is 0.151 e. The molecule has 1 aromatic heterocycles. The van der Waals surface area contributed by atoms with E-state index in [2.05, 4.69) is 9.38 Å². The summed E-state index contributed by atoms with van der Waals surface area (Å²) in [6.07, 6.45) is 2.47. The van der Waals surface area contributed by atoms with Crippen LogP contribution in [0.25, 0.3) is 0 Å². The third-order valence-electron chi connectivity index (χ3n) is 1.63. The maximum absolute atomic E-state index is 13.3. The Balaban J connectivity index is 2.89. The first-order chi connectivity index (χ1) is 7.30. The summed E-state index contributed by atoms with van der Waals surface area (Å²) in [4.78, 5) is 3.74. The Morgan fingerprint density at radius 1 is 1.56 bits per heavy atom. The second kappa shape index (κ2) is 5.01. The molecule has 0 radical (unpaired) electrons. The van der Waals surface area contributed by atoms with E-state index in [0.29, 0.717) is 0 Å². The van der Waals surface area contributed by atoms with Crippen molar-refractivity contribution in [1.29, 1.82) is 0 Å². The van der Waals surface area contributed by atoms with E-state index in [4.69, 9.17) is 11.6 Å². The van der Waals surface area contributed by atoms with E-state index in [1.165, 1.54) is 6.20 Å². The van der Waals surface area contributed by atoms with Gasteiger partial charge in [0.25, 0.3) is 0 Å². The van der Waals surface area contributed by atoms with Crippen molar-refractivity contribution < 1.29 is 8.60 Å². The van der Waals surface area contributed by atoms with Crippen molar-refractivity contribution >= 4 is 28.8 Å². The molecular weight excluding hydrogens is 251 g/mol. The third-order valence-corrected chi connectivity index (χ3v) is 3.18. The molecule has 0 aliphatic rings. The molecule has 0 bridgehead atoms. The Labute approximate surface area is 101 Å². The zero-order chi connectivity index (χ0) is 12.3. The molecule has 0 saturated carbocycles. The van der Waals surface area contributed by atoms with Crippen LogP contribution >= 0.6 is 11.6 Å². The Morgan fingerprint density at radius 3 is 2.69 bits per heavy atom. The summed E-state index contributed by atoms with van der Waals surface area (Å²) >= 11 is 5.55. The highest BCUT2D eigenvalue weighted by Crippen LogP contribution is 2.13. The van der Waals surface area contributed by atoms with Crippen LogP contribution in [-0.2, 0) is 11.0 Å². The van der Waals surface area contributed by atoms with Crippen LogP contribution in [0.15, 0.2) is 16.7 Å². The molecule has 1 heterocycles. The number of nitrogens with zero attached hydrogens (tertiary/aromatic N) is 2. The highest BCUT2D eigenvalue weighted by molar-refractivity contribution is 7.85. The normalized spacial score (nSPS) is 14.3. The molecule has 0 aliphatic heterocycles. The molecule has 0 spiro atoms. The van der Waals surface area contributed by atoms with Gasteiger partial charge in [0.1, 0.15) is 16.7 Å². The molecule has 0 unspecified atom stereocenters. The first-order valence-corrected chi connectivity index (χ1v) is 6.06. The lowest BCUT2D eigenvalue weighted by atomic mass is 10.3. The van der Waals surface area contributed by atoms with Gasteiger partial charge in [-0.25, -0.2) is 8.60 Å². The molecule has 0 fully saturated rings. The van der Waals surface area contributed by atoms with Gasteiger partial charge in [-0.15, -0.1) is 0 Å². The highest BCUT2D eigenvalue weighted by atomic mass is 35.5. The highest BCUT2D eigenvalue weighted by Gasteiger charge is 2.18. The van der Waals surface area contributed by atoms with E-state index in [9.17, 15) is 8.60 Å². The fourth-order valence-corrected chi connectivity index (χ4v) is 1.43. The van der Waals surface area contributed by atoms with Crippen LogP contribution in [0.4, 0.5) is 4.39 Å². The molecule has 1 rings (SSSR count). The zero-order valence-electron chi connectivity index (χ0n) is 9.20. The number of hydrogen-bond acceptors (Lipinski definition) is 2. The minimum Gasteiger partial charge on any atom is -0.251 e. The van der Waals surface area contributed by atoms with Crippen molar-refractivity contribution in [1.82, 2.24) is 4.98 Å². The topological polar surface area (TPSA) is 42.3 Å². The molecule has 0 amide bonds. The lowest BCUT2D eigenvalue weighted by molar-refractivity contribution is 0.619. The number of halogens is 2. The van der Waals surface area contributed by atoms with Crippen LogP contribution < -0.4 is 0 Å². The van der Waals surface area contributed by atoms with Gasteiger partial charge in [-0.2, -0.15) is 4.40 Å². The van der Waals surface area contributed by atoms with Gasteiger partial charge in [-0.05, 0) is 26.8 Å². The van der Waals surface area contributed by atoms with Crippen LogP contribution in [0.2, 0.25) is 5.02 Å². The summed E-state index contributed by atoms with van der Waals surface area (Å²) in [5.74, 6) is -0.581. The minimum atomic E-state index is -1.42. The number of rotatable bonds is 2. The lowest BCUT2D eigenvalue weighted by Crippen LogP contribution is -2.19. The molecule has 6 heteroatoms. The Kier molecular flexibility index (Phi) is 4.15. The molecule has 0 aromatic carbocycles. The molecule has 16 heavy (non-hydrogen) atoms. The summed E-state index contributed by atoms with van der Waals surface area (Å²) in [5.41, 5.74) is 0.0296. The summed E-state index contributed by atoms with van der Waals surface area (Å²) in [7, 11) is -1.42. The Bertz CT molecular complexity index is 443. The Hall–Kier alpha value is -0.810. The number of hydrogen-bond donors (Lipinski definition) is 0. The molecule has 1 aromatic rings. The van der Waals surface area contributed by atoms with Crippen molar-refractivity contribution in [2.45, 2.75) is 25.5 Å². The van der Waals surface area contributed by atoms with Gasteiger partial charge in [0.2, 0.25) is 0 Å². The first-order valence-electron chi connectivity index (χ1n) is 4.58. The van der Waals surface area contributed by atoms with E-state index in [0.717, 1.165) is 12.3 Å². The molecule has 1 atom stereocenters. The standard InChI is InChI=1S/C10H12ClFN2OS/c1-10(2,3)16(15)14-6-9-8(12)4-7(11)5-13-9/h4-6H,1-3H3/b14-6+/t16-/m1/s1. The van der Waals surface area contributed by atoms with Crippen molar-refractivity contribution in [2.75, 3.05) is 0 Å². The van der Waals surface area contributed by atoms with Crippen LogP contribution in [0, 0.1) is 5.82 Å². The molecule has 0 N–H and O–H groups in total. The van der Waals surface area contributed by atoms with Crippen molar-refractivity contribution in [3.05, 3.63) is 28.8 Å². The van der Waals surface area contributed by atoms with Crippen LogP contribution in [0.3, 0.4) is 0 Å². The van der Waals surface area contributed by atoms with Gasteiger partial charge in [-0.3, -0.25) is 4.98 Å². The predicted octanol–water partition coefficient (Wildman–Crippen LogP) is 2.76. The van der Waals surface area contributed by atoms with Gasteiger partial charge < -0.3 is 0 Å². The lowest BCUT2D eigenvalue weighted by Gasteiger charge is -2.12. The summed E-state index contributed by atoms with van der Waals surface area (Å²) in [5, 5.41) is 0.214. The average molecular weight is 263 g/mol. The first kappa shape index (κ1) is 13.3. The fourth-order valence-electron chi connectivity index (χ4n) is 0.776. The molecule has 88 valence electrons. The van der Waals surface area contributed by atoms with E-state index in [-0.39, 0.29) is 10.7 Å². The summed E-state index contributed by atoms with van der Waals surface area (Å²) < 4.78 is 28.1. The third kappa shape index (κ3) is 3.64. The second-order valence-corrected chi connectivity index (χ2v) is 6.49. The minimum absolute atomic E-state index is 0.0296. The number of aromatic nitrogens is 1. The van der Waals surface area contributed by atoms with Crippen molar-refractivity contribution in [3.63, 3.8) is 0 Å². The summed E-state index contributed by atoms with van der Waals surface area (Å²) in [6.45, 7) is 5.35. The van der Waals surface area contributed by atoms with E-state index >= 15 is 0 Å². The maximum atomic E-state index is 13.3. The van der Waals surface area contributed by atoms with Gasteiger partial charge in [0.05, 0.1) is 16.0 Å². The fraction of sp³-hybridized carbons (Fsp3) is 0.400. The monoisotopic (exact) mass is 262 g/mol. The van der Waals surface area contributed by atoms with E-state index in [1.54, 1.807) is 20.8 Å². The van der Waals surface area contributed by atoms with Gasteiger partial charge in [0.15, 0.2) is 5.82 Å². The van der Waals surface area contributed by atoms with Gasteiger partial charge in [0, 0.05) is 6.20 Å².